The van der Waals surface area contributed by atoms with E-state index in [2.05, 4.69) is 10.2 Å². The molecule has 5 heteroatoms. The number of hydrogen-bond acceptors (Lipinski definition) is 3. The maximum Gasteiger partial charge on any atom is 0.272 e. The molecule has 14 heavy (non-hydrogen) atoms. The number of nitrogens with zero attached hydrogens (tertiary/aromatic N) is 2. The zero-order chi connectivity index (χ0) is 9.97. The summed E-state index contributed by atoms with van der Waals surface area (Å²) in [5.41, 5.74) is 6.14. The maximum atomic E-state index is 11.9. The van der Waals surface area contributed by atoms with Crippen molar-refractivity contribution in [2.24, 2.45) is 5.73 Å². The predicted octanol–water partition coefficient (Wildman–Crippen LogP) is -0.0270. The predicted molar refractivity (Wildman–Crippen MR) is 51.7 cm³/mol. The van der Waals surface area contributed by atoms with Crippen LogP contribution in [0.5, 0.6) is 0 Å². The molecule has 0 aromatic carbocycles. The van der Waals surface area contributed by atoms with E-state index in [1.807, 2.05) is 4.90 Å². The minimum absolute atomic E-state index is 0.00968. The lowest BCUT2D eigenvalue weighted by Gasteiger charge is -2.22. The second-order valence-electron chi connectivity index (χ2n) is 3.50. The lowest BCUT2D eigenvalue weighted by atomic mass is 10.2. The van der Waals surface area contributed by atoms with Gasteiger partial charge in [-0.1, -0.05) is 0 Å². The molecule has 5 nitrogen and oxygen atoms in total. The van der Waals surface area contributed by atoms with Crippen molar-refractivity contribution in [3.8, 4) is 0 Å². The van der Waals surface area contributed by atoms with Gasteiger partial charge >= 0.3 is 0 Å². The molecule has 2 rings (SSSR count). The lowest BCUT2D eigenvalue weighted by molar-refractivity contribution is 0.0735. The summed E-state index contributed by atoms with van der Waals surface area (Å²) in [5.74, 6) is 0.00968. The largest absolute Gasteiger partial charge is 0.333 e. The summed E-state index contributed by atoms with van der Waals surface area (Å²) in [7, 11) is 0. The zero-order valence-electron chi connectivity index (χ0n) is 7.94. The van der Waals surface area contributed by atoms with Crippen LogP contribution < -0.4 is 5.73 Å². The van der Waals surface area contributed by atoms with Gasteiger partial charge in [0.15, 0.2) is 0 Å². The molecule has 1 aromatic rings. The number of H-pyrrole nitrogens is 1. The minimum atomic E-state index is 0.00968. The van der Waals surface area contributed by atoms with Gasteiger partial charge in [0.2, 0.25) is 0 Å². The van der Waals surface area contributed by atoms with Crippen LogP contribution in [0.2, 0.25) is 0 Å². The average Bonchev–Trinajstić information content (AvgIpc) is 2.87. The molecule has 1 atom stereocenters. The van der Waals surface area contributed by atoms with Gasteiger partial charge in [-0.3, -0.25) is 9.89 Å². The summed E-state index contributed by atoms with van der Waals surface area (Å²) >= 11 is 0. The van der Waals surface area contributed by atoms with Crippen LogP contribution in [0.1, 0.15) is 23.3 Å². The maximum absolute atomic E-state index is 11.9. The second-order valence-corrected chi connectivity index (χ2v) is 3.50. The minimum Gasteiger partial charge on any atom is -0.333 e. The fourth-order valence-corrected chi connectivity index (χ4v) is 1.88. The van der Waals surface area contributed by atoms with E-state index in [1.54, 1.807) is 12.3 Å². The summed E-state index contributed by atoms with van der Waals surface area (Å²) in [6, 6.07) is 1.89. The van der Waals surface area contributed by atoms with E-state index in [-0.39, 0.29) is 11.9 Å². The summed E-state index contributed by atoms with van der Waals surface area (Å²) in [4.78, 5) is 13.7. The van der Waals surface area contributed by atoms with Crippen molar-refractivity contribution in [3.05, 3.63) is 18.0 Å². The number of carbonyl (C=O) groups excluding carboxylic acids is 1. The number of likely N-dealkylation sites (tertiary alicyclic amines) is 1. The molecule has 0 radical (unpaired) electrons. The summed E-state index contributed by atoms with van der Waals surface area (Å²) in [6.07, 6.45) is 3.64. The van der Waals surface area contributed by atoms with Crippen molar-refractivity contribution >= 4 is 5.91 Å². The second kappa shape index (κ2) is 3.79. The average molecular weight is 194 g/mol. The highest BCUT2D eigenvalue weighted by molar-refractivity contribution is 5.92. The molecule has 0 spiro atoms. The van der Waals surface area contributed by atoms with Crippen LogP contribution in [-0.2, 0) is 0 Å². The third-order valence-corrected chi connectivity index (χ3v) is 2.64. The number of aromatic nitrogens is 2. The van der Waals surface area contributed by atoms with E-state index in [1.165, 1.54) is 0 Å². The molecule has 1 unspecified atom stereocenters. The molecule has 2 heterocycles. The van der Waals surface area contributed by atoms with Crippen LogP contribution in [0, 0.1) is 0 Å². The van der Waals surface area contributed by atoms with E-state index >= 15 is 0 Å². The highest BCUT2D eigenvalue weighted by Crippen LogP contribution is 2.18. The van der Waals surface area contributed by atoms with Crippen molar-refractivity contribution in [2.45, 2.75) is 18.9 Å². The fourth-order valence-electron chi connectivity index (χ4n) is 1.88. The number of hydrogen-bond donors (Lipinski definition) is 2. The topological polar surface area (TPSA) is 75.0 Å². The van der Waals surface area contributed by atoms with Gasteiger partial charge in [0, 0.05) is 25.3 Å². The SMILES string of the molecule is NCC1CCCN1C(=O)c1ccn[nH]1. The molecule has 1 aromatic heterocycles. The molecule has 1 fully saturated rings. The van der Waals surface area contributed by atoms with E-state index in [0.29, 0.717) is 12.2 Å². The molecule has 1 amide bonds. The van der Waals surface area contributed by atoms with Gasteiger partial charge in [-0.25, -0.2) is 0 Å². The Bertz CT molecular complexity index is 309. The third kappa shape index (κ3) is 1.50. The van der Waals surface area contributed by atoms with E-state index in [0.717, 1.165) is 19.4 Å². The van der Waals surface area contributed by atoms with Crippen LogP contribution in [0.3, 0.4) is 0 Å². The van der Waals surface area contributed by atoms with Crippen LogP contribution in [0.4, 0.5) is 0 Å². The zero-order valence-corrected chi connectivity index (χ0v) is 7.94. The first-order valence-corrected chi connectivity index (χ1v) is 4.83. The molecular formula is C9H14N4O. The number of amides is 1. The van der Waals surface area contributed by atoms with Gasteiger partial charge in [0.25, 0.3) is 5.91 Å². The van der Waals surface area contributed by atoms with Gasteiger partial charge in [-0.2, -0.15) is 5.10 Å². The fraction of sp³-hybridized carbons (Fsp3) is 0.556. The summed E-state index contributed by atoms with van der Waals surface area (Å²) < 4.78 is 0. The van der Waals surface area contributed by atoms with Crippen LogP contribution in [0.15, 0.2) is 12.3 Å². The van der Waals surface area contributed by atoms with Crippen LogP contribution >= 0.6 is 0 Å². The highest BCUT2D eigenvalue weighted by atomic mass is 16.2. The van der Waals surface area contributed by atoms with Crippen molar-refractivity contribution in [3.63, 3.8) is 0 Å². The number of carbonyl (C=O) groups is 1. The smallest absolute Gasteiger partial charge is 0.272 e. The van der Waals surface area contributed by atoms with Gasteiger partial charge < -0.3 is 10.6 Å². The first-order chi connectivity index (χ1) is 6.83. The van der Waals surface area contributed by atoms with Crippen LogP contribution in [0.25, 0.3) is 0 Å². The molecule has 1 aliphatic rings. The number of nitrogens with two attached hydrogens (primary N) is 1. The Balaban J connectivity index is 2.11. The standard InChI is InChI=1S/C9H14N4O/c10-6-7-2-1-5-13(7)9(14)8-3-4-11-12-8/h3-4,7H,1-2,5-6,10H2,(H,11,12). The Kier molecular flexibility index (Phi) is 2.49. The Hall–Kier alpha value is -1.36. The molecule has 1 aliphatic heterocycles. The van der Waals surface area contributed by atoms with Crippen LogP contribution in [-0.4, -0.2) is 40.1 Å². The van der Waals surface area contributed by atoms with E-state index in [4.69, 9.17) is 5.73 Å². The van der Waals surface area contributed by atoms with E-state index in [9.17, 15) is 4.79 Å². The normalized spacial score (nSPS) is 21.5. The van der Waals surface area contributed by atoms with Gasteiger partial charge in [0.05, 0.1) is 0 Å². The molecule has 0 bridgehead atoms. The lowest BCUT2D eigenvalue weighted by Crippen LogP contribution is -2.40. The quantitative estimate of drug-likeness (QED) is 0.694. The third-order valence-electron chi connectivity index (χ3n) is 2.64. The van der Waals surface area contributed by atoms with Gasteiger partial charge in [-0.05, 0) is 18.9 Å². The van der Waals surface area contributed by atoms with Gasteiger partial charge in [0.1, 0.15) is 5.69 Å². The van der Waals surface area contributed by atoms with Crippen molar-refractivity contribution in [1.82, 2.24) is 15.1 Å². The Morgan fingerprint density at radius 1 is 1.79 bits per heavy atom. The number of aromatic amines is 1. The highest BCUT2D eigenvalue weighted by Gasteiger charge is 2.28. The Labute approximate surface area is 82.3 Å². The number of rotatable bonds is 2. The van der Waals surface area contributed by atoms with Crippen molar-refractivity contribution < 1.29 is 4.79 Å². The van der Waals surface area contributed by atoms with E-state index < -0.39 is 0 Å². The molecule has 3 N–H and O–H groups in total. The molecular weight excluding hydrogens is 180 g/mol. The monoisotopic (exact) mass is 194 g/mol. The first kappa shape index (κ1) is 9.21. The molecule has 0 saturated carbocycles. The summed E-state index contributed by atoms with van der Waals surface area (Å²) in [5, 5.41) is 6.44. The van der Waals surface area contributed by atoms with Crippen molar-refractivity contribution in [1.29, 1.82) is 0 Å². The Morgan fingerprint density at radius 2 is 2.64 bits per heavy atom. The Morgan fingerprint density at radius 3 is 3.29 bits per heavy atom. The summed E-state index contributed by atoms with van der Waals surface area (Å²) in [6.45, 7) is 1.35. The van der Waals surface area contributed by atoms with Gasteiger partial charge in [-0.15, -0.1) is 0 Å². The van der Waals surface area contributed by atoms with Crippen molar-refractivity contribution in [2.75, 3.05) is 13.1 Å². The number of nitrogens with one attached hydrogen (secondary N) is 1. The molecule has 0 aliphatic carbocycles. The molecule has 1 saturated heterocycles. The first-order valence-electron chi connectivity index (χ1n) is 4.83. The molecule has 76 valence electrons.